The van der Waals surface area contributed by atoms with Crippen LogP contribution in [0.15, 0.2) is 0 Å². The first-order valence-electron chi connectivity index (χ1n) is 5.70. The summed E-state index contributed by atoms with van der Waals surface area (Å²) in [6, 6.07) is -0.540. The van der Waals surface area contributed by atoms with Crippen molar-refractivity contribution in [1.82, 2.24) is 5.32 Å². The summed E-state index contributed by atoms with van der Waals surface area (Å²) in [5.41, 5.74) is 5.70. The van der Waals surface area contributed by atoms with Crippen molar-refractivity contribution in [3.05, 3.63) is 0 Å². The van der Waals surface area contributed by atoms with Gasteiger partial charge in [0.2, 0.25) is 5.91 Å². The Morgan fingerprint density at radius 1 is 1.38 bits per heavy atom. The fraction of sp³-hybridized carbons (Fsp3) is 0.818. The number of hydrogen-bond acceptors (Lipinski definition) is 3. The van der Waals surface area contributed by atoms with Crippen LogP contribution >= 0.6 is 0 Å². The molecule has 0 heterocycles. The Morgan fingerprint density at radius 2 is 2.00 bits per heavy atom. The predicted octanol–water partition coefficient (Wildman–Crippen LogP) is 0.339. The van der Waals surface area contributed by atoms with Crippen molar-refractivity contribution in [2.24, 2.45) is 17.6 Å². The monoisotopic (exact) mass is 228 g/mol. The highest BCUT2D eigenvalue weighted by atomic mass is 16.4. The second-order valence-corrected chi connectivity index (χ2v) is 4.82. The van der Waals surface area contributed by atoms with Crippen LogP contribution in [-0.2, 0) is 9.59 Å². The minimum absolute atomic E-state index is 0.0293. The molecule has 4 N–H and O–H groups in total. The first kappa shape index (κ1) is 13.0. The summed E-state index contributed by atoms with van der Waals surface area (Å²) in [5.74, 6) is -1.17. The average Bonchev–Trinajstić information content (AvgIpc) is 2.64. The van der Waals surface area contributed by atoms with E-state index in [4.69, 9.17) is 10.8 Å². The molecule has 0 aromatic rings. The smallest absolute Gasteiger partial charge is 0.306 e. The molecule has 0 spiro atoms. The van der Waals surface area contributed by atoms with Gasteiger partial charge in [0.25, 0.3) is 0 Å². The number of nitrogens with one attached hydrogen (secondary N) is 1. The lowest BCUT2D eigenvalue weighted by Gasteiger charge is -2.19. The molecule has 1 aliphatic rings. The molecule has 16 heavy (non-hydrogen) atoms. The highest BCUT2D eigenvalue weighted by Gasteiger charge is 2.31. The molecule has 1 saturated carbocycles. The van der Waals surface area contributed by atoms with Gasteiger partial charge in [-0.1, -0.05) is 13.8 Å². The Balaban J connectivity index is 2.40. The van der Waals surface area contributed by atoms with E-state index in [1.165, 1.54) is 0 Å². The minimum atomic E-state index is -0.773. The topological polar surface area (TPSA) is 92.4 Å². The molecule has 1 amide bonds. The number of hydrogen-bond donors (Lipinski definition) is 3. The Morgan fingerprint density at radius 3 is 2.44 bits per heavy atom. The zero-order valence-electron chi connectivity index (χ0n) is 9.77. The van der Waals surface area contributed by atoms with E-state index in [9.17, 15) is 9.59 Å². The summed E-state index contributed by atoms with van der Waals surface area (Å²) in [7, 11) is 0. The van der Waals surface area contributed by atoms with Crippen molar-refractivity contribution >= 4 is 11.9 Å². The third kappa shape index (κ3) is 3.20. The molecule has 0 bridgehead atoms. The van der Waals surface area contributed by atoms with Gasteiger partial charge >= 0.3 is 5.97 Å². The molecule has 1 fully saturated rings. The van der Waals surface area contributed by atoms with Crippen LogP contribution in [0.5, 0.6) is 0 Å². The molecule has 0 saturated heterocycles. The van der Waals surface area contributed by atoms with E-state index in [1.807, 2.05) is 13.8 Å². The third-order valence-electron chi connectivity index (χ3n) is 3.15. The molecule has 3 atom stereocenters. The van der Waals surface area contributed by atoms with E-state index in [0.717, 1.165) is 6.42 Å². The summed E-state index contributed by atoms with van der Waals surface area (Å²) in [6.07, 6.45) is 1.89. The van der Waals surface area contributed by atoms with Gasteiger partial charge in [-0.15, -0.1) is 0 Å². The molecule has 0 radical (unpaired) electrons. The molecule has 0 aromatic heterocycles. The number of aliphatic carboxylic acids is 1. The second kappa shape index (κ2) is 5.30. The van der Waals surface area contributed by atoms with Crippen molar-refractivity contribution in [3.8, 4) is 0 Å². The molecule has 1 aliphatic carbocycles. The van der Waals surface area contributed by atoms with Crippen LogP contribution in [0.4, 0.5) is 0 Å². The van der Waals surface area contributed by atoms with E-state index in [1.54, 1.807) is 0 Å². The van der Waals surface area contributed by atoms with Crippen LogP contribution in [0.2, 0.25) is 0 Å². The van der Waals surface area contributed by atoms with Crippen LogP contribution in [0, 0.1) is 11.8 Å². The number of rotatable bonds is 4. The highest BCUT2D eigenvalue weighted by molar-refractivity contribution is 5.82. The SMILES string of the molecule is CC(C)[C@@H](N)C(=O)N[C@H]1CC[C@@H](C(=O)O)C1. The molecule has 0 aromatic carbocycles. The molecule has 0 aliphatic heterocycles. The van der Waals surface area contributed by atoms with Gasteiger partial charge in [-0.3, -0.25) is 9.59 Å². The zero-order chi connectivity index (χ0) is 12.3. The van der Waals surface area contributed by atoms with E-state index >= 15 is 0 Å². The summed E-state index contributed by atoms with van der Waals surface area (Å²) in [5, 5.41) is 11.6. The van der Waals surface area contributed by atoms with Gasteiger partial charge in [-0.25, -0.2) is 0 Å². The van der Waals surface area contributed by atoms with Crippen molar-refractivity contribution in [2.75, 3.05) is 0 Å². The van der Waals surface area contributed by atoms with Gasteiger partial charge < -0.3 is 16.2 Å². The van der Waals surface area contributed by atoms with Crippen molar-refractivity contribution < 1.29 is 14.7 Å². The Kier molecular flexibility index (Phi) is 4.29. The number of nitrogens with two attached hydrogens (primary N) is 1. The summed E-state index contributed by atoms with van der Waals surface area (Å²) >= 11 is 0. The second-order valence-electron chi connectivity index (χ2n) is 4.82. The number of carboxylic acid groups (broad SMARTS) is 1. The maximum absolute atomic E-state index is 11.6. The maximum Gasteiger partial charge on any atom is 0.306 e. The van der Waals surface area contributed by atoms with Gasteiger partial charge in [0.15, 0.2) is 0 Å². The summed E-state index contributed by atoms with van der Waals surface area (Å²) in [4.78, 5) is 22.4. The highest BCUT2D eigenvalue weighted by Crippen LogP contribution is 2.25. The Bertz CT molecular complexity index is 278. The maximum atomic E-state index is 11.6. The number of carbonyl (C=O) groups excluding carboxylic acids is 1. The van der Waals surface area contributed by atoms with Gasteiger partial charge in [0.1, 0.15) is 0 Å². The fourth-order valence-electron chi connectivity index (χ4n) is 1.94. The van der Waals surface area contributed by atoms with Crippen molar-refractivity contribution in [1.29, 1.82) is 0 Å². The van der Waals surface area contributed by atoms with Gasteiger partial charge in [-0.2, -0.15) is 0 Å². The van der Waals surface area contributed by atoms with Gasteiger partial charge in [0.05, 0.1) is 12.0 Å². The van der Waals surface area contributed by atoms with E-state index in [2.05, 4.69) is 5.32 Å². The summed E-state index contributed by atoms with van der Waals surface area (Å²) in [6.45, 7) is 3.78. The molecule has 92 valence electrons. The lowest BCUT2D eigenvalue weighted by molar-refractivity contribution is -0.141. The Hall–Kier alpha value is -1.10. The molecule has 5 heteroatoms. The molecule has 1 rings (SSSR count). The lowest BCUT2D eigenvalue weighted by atomic mass is 10.0. The standard InChI is InChI=1S/C11H20N2O3/c1-6(2)9(12)10(14)13-8-4-3-7(5-8)11(15)16/h6-9H,3-5,12H2,1-2H3,(H,13,14)(H,15,16)/t7-,8+,9-/m1/s1. The fourth-order valence-corrected chi connectivity index (χ4v) is 1.94. The number of amides is 1. The molecule has 0 unspecified atom stereocenters. The summed E-state index contributed by atoms with van der Waals surface area (Å²) < 4.78 is 0. The number of carbonyl (C=O) groups is 2. The number of carboxylic acids is 1. The van der Waals surface area contributed by atoms with Gasteiger partial charge in [-0.05, 0) is 25.2 Å². The van der Waals surface area contributed by atoms with Crippen LogP contribution in [0.25, 0.3) is 0 Å². The molecule has 5 nitrogen and oxygen atoms in total. The van der Waals surface area contributed by atoms with E-state index in [-0.39, 0.29) is 23.8 Å². The van der Waals surface area contributed by atoms with Crippen LogP contribution in [0.3, 0.4) is 0 Å². The quantitative estimate of drug-likeness (QED) is 0.647. The normalized spacial score (nSPS) is 26.8. The van der Waals surface area contributed by atoms with E-state index < -0.39 is 12.0 Å². The van der Waals surface area contributed by atoms with Crippen molar-refractivity contribution in [3.63, 3.8) is 0 Å². The molecular formula is C11H20N2O3. The minimum Gasteiger partial charge on any atom is -0.481 e. The first-order chi connectivity index (χ1) is 7.41. The average molecular weight is 228 g/mol. The molecular weight excluding hydrogens is 208 g/mol. The first-order valence-corrected chi connectivity index (χ1v) is 5.70. The van der Waals surface area contributed by atoms with Crippen LogP contribution < -0.4 is 11.1 Å². The van der Waals surface area contributed by atoms with Crippen LogP contribution in [-0.4, -0.2) is 29.1 Å². The predicted molar refractivity (Wildman–Crippen MR) is 59.7 cm³/mol. The van der Waals surface area contributed by atoms with Crippen molar-refractivity contribution in [2.45, 2.75) is 45.2 Å². The van der Waals surface area contributed by atoms with Gasteiger partial charge in [0, 0.05) is 6.04 Å². The zero-order valence-corrected chi connectivity index (χ0v) is 9.77. The largest absolute Gasteiger partial charge is 0.481 e. The Labute approximate surface area is 95.4 Å². The third-order valence-corrected chi connectivity index (χ3v) is 3.15. The van der Waals surface area contributed by atoms with E-state index in [0.29, 0.717) is 12.8 Å². The lowest BCUT2D eigenvalue weighted by Crippen LogP contribution is -2.47. The van der Waals surface area contributed by atoms with Crippen LogP contribution in [0.1, 0.15) is 33.1 Å².